The fourth-order valence-corrected chi connectivity index (χ4v) is 3.45. The van der Waals surface area contributed by atoms with Gasteiger partial charge < -0.3 is 11.5 Å². The summed E-state index contributed by atoms with van der Waals surface area (Å²) in [5, 5.41) is 0.611. The van der Waals surface area contributed by atoms with Gasteiger partial charge in [-0.2, -0.15) is 0 Å². The molecule has 0 spiro atoms. The third kappa shape index (κ3) is 2.50. The van der Waals surface area contributed by atoms with Crippen LogP contribution in [0, 0.1) is 0 Å². The van der Waals surface area contributed by atoms with Gasteiger partial charge in [-0.25, -0.2) is 0 Å². The summed E-state index contributed by atoms with van der Waals surface area (Å²) in [5.74, 6) is -0.375. The first-order valence-corrected chi connectivity index (χ1v) is 6.41. The summed E-state index contributed by atoms with van der Waals surface area (Å²) in [6.45, 7) is 0. The Hall–Kier alpha value is -1.16. The van der Waals surface area contributed by atoms with Crippen molar-refractivity contribution in [2.75, 3.05) is 5.73 Å². The van der Waals surface area contributed by atoms with E-state index in [1.807, 2.05) is 6.07 Å². The summed E-state index contributed by atoms with van der Waals surface area (Å²) in [4.78, 5) is 12.2. The number of hydrogen-bond acceptors (Lipinski definition) is 3. The minimum Gasteiger partial charge on any atom is -0.399 e. The van der Waals surface area contributed by atoms with Crippen molar-refractivity contribution in [1.82, 2.24) is 0 Å². The molecule has 0 heterocycles. The quantitative estimate of drug-likeness (QED) is 0.792. The number of benzene rings is 1. The zero-order chi connectivity index (χ0) is 11.5. The Morgan fingerprint density at radius 3 is 2.62 bits per heavy atom. The highest BCUT2D eigenvalue weighted by atomic mass is 32.2. The van der Waals surface area contributed by atoms with E-state index in [0.717, 1.165) is 4.90 Å². The molecular formula is C12H16N2OS. The molecule has 0 unspecified atom stereocenters. The summed E-state index contributed by atoms with van der Waals surface area (Å²) in [6, 6.07) is 5.29. The predicted octanol–water partition coefficient (Wildman–Crippen LogP) is 2.40. The van der Waals surface area contributed by atoms with Crippen molar-refractivity contribution >= 4 is 23.4 Å². The van der Waals surface area contributed by atoms with E-state index >= 15 is 0 Å². The van der Waals surface area contributed by atoms with Gasteiger partial charge in [0.15, 0.2) is 0 Å². The molecule has 1 aliphatic carbocycles. The van der Waals surface area contributed by atoms with Crippen molar-refractivity contribution in [2.24, 2.45) is 5.73 Å². The maximum atomic E-state index is 11.3. The Labute approximate surface area is 99.6 Å². The van der Waals surface area contributed by atoms with Crippen LogP contribution >= 0.6 is 11.8 Å². The van der Waals surface area contributed by atoms with E-state index in [4.69, 9.17) is 11.5 Å². The largest absolute Gasteiger partial charge is 0.399 e. The van der Waals surface area contributed by atoms with Crippen LogP contribution in [0.25, 0.3) is 0 Å². The minimum absolute atomic E-state index is 0.375. The Bertz CT molecular complexity index is 400. The Kier molecular flexibility index (Phi) is 3.39. The molecule has 16 heavy (non-hydrogen) atoms. The van der Waals surface area contributed by atoms with Gasteiger partial charge in [0.2, 0.25) is 5.91 Å². The van der Waals surface area contributed by atoms with Crippen LogP contribution in [0.2, 0.25) is 0 Å². The van der Waals surface area contributed by atoms with E-state index in [9.17, 15) is 4.79 Å². The maximum absolute atomic E-state index is 11.3. The Balaban J connectivity index is 2.22. The topological polar surface area (TPSA) is 69.1 Å². The molecule has 0 aliphatic heterocycles. The van der Waals surface area contributed by atoms with E-state index < -0.39 is 0 Å². The molecule has 86 valence electrons. The summed E-state index contributed by atoms with van der Waals surface area (Å²) in [5.41, 5.74) is 12.4. The molecule has 4 N–H and O–H groups in total. The number of nitrogen functional groups attached to an aromatic ring is 1. The second-order valence-electron chi connectivity index (χ2n) is 4.14. The number of hydrogen-bond donors (Lipinski definition) is 2. The van der Waals surface area contributed by atoms with Crippen molar-refractivity contribution in [2.45, 2.75) is 35.8 Å². The molecule has 0 atom stereocenters. The monoisotopic (exact) mass is 236 g/mol. The number of rotatable bonds is 3. The first-order valence-electron chi connectivity index (χ1n) is 5.53. The van der Waals surface area contributed by atoms with Crippen LogP contribution in [0.5, 0.6) is 0 Å². The molecule has 1 aromatic carbocycles. The highest BCUT2D eigenvalue weighted by Gasteiger charge is 2.19. The van der Waals surface area contributed by atoms with Crippen LogP contribution in [0.15, 0.2) is 23.1 Å². The number of carbonyl (C=O) groups is 1. The second kappa shape index (κ2) is 4.78. The third-order valence-electron chi connectivity index (χ3n) is 2.87. The molecule has 0 radical (unpaired) electrons. The van der Waals surface area contributed by atoms with E-state index in [-0.39, 0.29) is 5.91 Å². The summed E-state index contributed by atoms with van der Waals surface area (Å²) in [7, 11) is 0. The van der Waals surface area contributed by atoms with Crippen molar-refractivity contribution < 1.29 is 4.79 Å². The number of primary amides is 1. The van der Waals surface area contributed by atoms with E-state index in [1.165, 1.54) is 25.7 Å². The summed E-state index contributed by atoms with van der Waals surface area (Å²) >= 11 is 1.74. The first kappa shape index (κ1) is 11.3. The molecule has 3 nitrogen and oxygen atoms in total. The molecule has 1 amide bonds. The van der Waals surface area contributed by atoms with Gasteiger partial charge in [0.05, 0.1) is 5.56 Å². The standard InChI is InChI=1S/C12H16N2OS/c13-8-5-6-10(12(14)15)11(7-8)16-9-3-1-2-4-9/h5-7,9H,1-4,13H2,(H2,14,15). The molecule has 0 aromatic heterocycles. The lowest BCUT2D eigenvalue weighted by Gasteiger charge is -2.12. The number of amides is 1. The first-order chi connectivity index (χ1) is 7.66. The molecule has 0 bridgehead atoms. The van der Waals surface area contributed by atoms with Gasteiger partial charge >= 0.3 is 0 Å². The van der Waals surface area contributed by atoms with Gasteiger partial charge in [-0.1, -0.05) is 12.8 Å². The van der Waals surface area contributed by atoms with Gasteiger partial charge in [-0.3, -0.25) is 4.79 Å². The van der Waals surface area contributed by atoms with Gasteiger partial charge in [0.1, 0.15) is 0 Å². The Morgan fingerprint density at radius 1 is 1.31 bits per heavy atom. The smallest absolute Gasteiger partial charge is 0.249 e. The lowest BCUT2D eigenvalue weighted by molar-refractivity contribution is 0.0997. The predicted molar refractivity (Wildman–Crippen MR) is 67.5 cm³/mol. The summed E-state index contributed by atoms with van der Waals surface area (Å²) < 4.78 is 0. The van der Waals surface area contributed by atoms with Crippen molar-refractivity contribution in [3.8, 4) is 0 Å². The van der Waals surface area contributed by atoms with Gasteiger partial charge in [0.25, 0.3) is 0 Å². The van der Waals surface area contributed by atoms with Gasteiger partial charge in [0, 0.05) is 15.8 Å². The number of anilines is 1. The summed E-state index contributed by atoms with van der Waals surface area (Å²) in [6.07, 6.45) is 5.01. The van der Waals surface area contributed by atoms with Crippen molar-refractivity contribution in [1.29, 1.82) is 0 Å². The van der Waals surface area contributed by atoms with Crippen LogP contribution in [0.4, 0.5) is 5.69 Å². The molecule has 0 saturated heterocycles. The zero-order valence-electron chi connectivity index (χ0n) is 9.11. The normalized spacial score (nSPS) is 16.5. The molecule has 2 rings (SSSR count). The second-order valence-corrected chi connectivity index (χ2v) is 5.49. The molecular weight excluding hydrogens is 220 g/mol. The molecule has 1 aliphatic rings. The number of thioether (sulfide) groups is 1. The van der Waals surface area contributed by atoms with Crippen LogP contribution in [-0.2, 0) is 0 Å². The zero-order valence-corrected chi connectivity index (χ0v) is 9.93. The highest BCUT2D eigenvalue weighted by molar-refractivity contribution is 8.00. The van der Waals surface area contributed by atoms with E-state index in [0.29, 0.717) is 16.5 Å². The van der Waals surface area contributed by atoms with Crippen molar-refractivity contribution in [3.05, 3.63) is 23.8 Å². The highest BCUT2D eigenvalue weighted by Crippen LogP contribution is 2.36. The number of carbonyl (C=O) groups excluding carboxylic acids is 1. The van der Waals surface area contributed by atoms with E-state index in [2.05, 4.69) is 0 Å². The lowest BCUT2D eigenvalue weighted by atomic mass is 10.2. The van der Waals surface area contributed by atoms with Crippen LogP contribution in [0.3, 0.4) is 0 Å². The molecule has 1 saturated carbocycles. The number of nitrogens with two attached hydrogens (primary N) is 2. The van der Waals surface area contributed by atoms with Crippen LogP contribution < -0.4 is 11.5 Å². The molecule has 4 heteroatoms. The van der Waals surface area contributed by atoms with Crippen molar-refractivity contribution in [3.63, 3.8) is 0 Å². The minimum atomic E-state index is -0.375. The van der Waals surface area contributed by atoms with E-state index in [1.54, 1.807) is 23.9 Å². The fourth-order valence-electron chi connectivity index (χ4n) is 2.03. The maximum Gasteiger partial charge on any atom is 0.249 e. The third-order valence-corrected chi connectivity index (χ3v) is 4.26. The van der Waals surface area contributed by atoms with Crippen LogP contribution in [0.1, 0.15) is 36.0 Å². The molecule has 1 fully saturated rings. The Morgan fingerprint density at radius 2 is 2.00 bits per heavy atom. The fraction of sp³-hybridized carbons (Fsp3) is 0.417. The lowest BCUT2D eigenvalue weighted by Crippen LogP contribution is -2.13. The average Bonchev–Trinajstić information content (AvgIpc) is 2.70. The molecule has 1 aromatic rings. The van der Waals surface area contributed by atoms with Gasteiger partial charge in [-0.05, 0) is 31.0 Å². The van der Waals surface area contributed by atoms with Gasteiger partial charge in [-0.15, -0.1) is 11.8 Å². The SMILES string of the molecule is NC(=O)c1ccc(N)cc1SC1CCCC1. The average molecular weight is 236 g/mol. The van der Waals surface area contributed by atoms with Crippen LogP contribution in [-0.4, -0.2) is 11.2 Å².